The number of aliphatic hydroxyl groups excluding tert-OH is 1. The first-order valence-corrected chi connectivity index (χ1v) is 9.44. The van der Waals surface area contributed by atoms with Crippen LogP contribution in [0.1, 0.15) is 41.6 Å². The number of carbonyl (C=O) groups excluding carboxylic acids is 1. The summed E-state index contributed by atoms with van der Waals surface area (Å²) in [4.78, 5) is 14.9. The number of likely N-dealkylation sites (tertiary alicyclic amines) is 1. The number of aliphatic hydroxyl groups is 1. The van der Waals surface area contributed by atoms with Crippen molar-refractivity contribution in [2.24, 2.45) is 0 Å². The normalized spacial score (nSPS) is 20.2. The second kappa shape index (κ2) is 8.11. The molecule has 1 saturated heterocycles. The summed E-state index contributed by atoms with van der Waals surface area (Å²) in [6.07, 6.45) is 3.39. The molecule has 1 heterocycles. The molecule has 3 rings (SSSR count). The Hall–Kier alpha value is -2.04. The lowest BCUT2D eigenvalue weighted by molar-refractivity contribution is 0.0618. The third-order valence-electron chi connectivity index (χ3n) is 5.31. The molecular weight excluding hydrogens is 348 g/mol. The van der Waals surface area contributed by atoms with E-state index >= 15 is 0 Å². The van der Waals surface area contributed by atoms with Gasteiger partial charge in [0.25, 0.3) is 5.91 Å². The lowest BCUT2D eigenvalue weighted by atomic mass is 9.71. The Balaban J connectivity index is 1.91. The summed E-state index contributed by atoms with van der Waals surface area (Å²) in [7, 11) is 0. The highest BCUT2D eigenvalue weighted by molar-refractivity contribution is 6.33. The highest BCUT2D eigenvalue weighted by atomic mass is 35.5. The number of carbonyl (C=O) groups is 1. The first-order chi connectivity index (χ1) is 12.6. The monoisotopic (exact) mass is 372 g/mol. The number of nitrogens with two attached hydrogens (primary N) is 1. The number of benzene rings is 2. The minimum Gasteiger partial charge on any atom is -0.398 e. The molecule has 2 aromatic carbocycles. The standard InChI is InChI=1S/C21H25ClN2O2/c22-18-9-8-17(14-19(18)23)21(11-5-13-25)10-4-12-24(15-21)20(26)16-6-2-1-3-7-16/h1-3,6-9,14,25H,4-5,10-13,15,23H2/t21-/m1/s1. The number of piperidine rings is 1. The molecule has 2 aromatic rings. The molecule has 138 valence electrons. The molecule has 0 aromatic heterocycles. The number of halogens is 1. The molecule has 1 fully saturated rings. The predicted octanol–water partition coefficient (Wildman–Crippen LogP) is 3.87. The van der Waals surface area contributed by atoms with Gasteiger partial charge in [0.05, 0.1) is 10.7 Å². The number of amides is 1. The van der Waals surface area contributed by atoms with Gasteiger partial charge in [-0.3, -0.25) is 4.79 Å². The zero-order valence-electron chi connectivity index (χ0n) is 14.8. The van der Waals surface area contributed by atoms with E-state index in [4.69, 9.17) is 17.3 Å². The van der Waals surface area contributed by atoms with Crippen molar-refractivity contribution in [2.45, 2.75) is 31.1 Å². The number of nitrogen functional groups attached to an aromatic ring is 1. The van der Waals surface area contributed by atoms with E-state index in [1.165, 1.54) is 0 Å². The van der Waals surface area contributed by atoms with Crippen LogP contribution in [-0.2, 0) is 5.41 Å². The molecule has 5 heteroatoms. The Morgan fingerprint density at radius 1 is 1.23 bits per heavy atom. The van der Waals surface area contributed by atoms with Gasteiger partial charge in [-0.15, -0.1) is 0 Å². The summed E-state index contributed by atoms with van der Waals surface area (Å²) >= 11 is 6.10. The van der Waals surface area contributed by atoms with Crippen LogP contribution in [0.25, 0.3) is 0 Å². The van der Waals surface area contributed by atoms with Crippen LogP contribution < -0.4 is 5.73 Å². The van der Waals surface area contributed by atoms with Gasteiger partial charge < -0.3 is 15.7 Å². The summed E-state index contributed by atoms with van der Waals surface area (Å²) in [6, 6.07) is 15.1. The van der Waals surface area contributed by atoms with E-state index in [1.54, 1.807) is 0 Å². The average molecular weight is 373 g/mol. The highest BCUT2D eigenvalue weighted by Gasteiger charge is 2.38. The molecule has 0 saturated carbocycles. The number of hydrogen-bond acceptors (Lipinski definition) is 3. The summed E-state index contributed by atoms with van der Waals surface area (Å²) in [5.74, 6) is 0.0561. The van der Waals surface area contributed by atoms with Gasteiger partial charge in [-0.25, -0.2) is 0 Å². The summed E-state index contributed by atoms with van der Waals surface area (Å²) in [5, 5.41) is 9.92. The Bertz CT molecular complexity index is 766. The van der Waals surface area contributed by atoms with E-state index < -0.39 is 0 Å². The number of hydrogen-bond donors (Lipinski definition) is 2. The number of rotatable bonds is 5. The molecule has 0 unspecified atom stereocenters. The second-order valence-electron chi connectivity index (χ2n) is 7.04. The van der Waals surface area contributed by atoms with Crippen molar-refractivity contribution in [3.63, 3.8) is 0 Å². The van der Waals surface area contributed by atoms with Gasteiger partial charge in [0.15, 0.2) is 0 Å². The Morgan fingerprint density at radius 3 is 2.69 bits per heavy atom. The van der Waals surface area contributed by atoms with Crippen molar-refractivity contribution >= 4 is 23.2 Å². The third kappa shape index (κ3) is 3.87. The second-order valence-corrected chi connectivity index (χ2v) is 7.45. The van der Waals surface area contributed by atoms with Crippen LogP contribution in [0.15, 0.2) is 48.5 Å². The van der Waals surface area contributed by atoms with Crippen molar-refractivity contribution in [3.05, 3.63) is 64.7 Å². The summed E-state index contributed by atoms with van der Waals surface area (Å²) in [5.41, 5.74) is 8.19. The molecule has 0 aliphatic carbocycles. The number of anilines is 1. The Labute approximate surface area is 159 Å². The summed E-state index contributed by atoms with van der Waals surface area (Å²) in [6.45, 7) is 1.51. The fourth-order valence-electron chi connectivity index (χ4n) is 3.94. The quantitative estimate of drug-likeness (QED) is 0.783. The molecule has 26 heavy (non-hydrogen) atoms. The van der Waals surface area contributed by atoms with Gasteiger partial charge in [0.2, 0.25) is 0 Å². The third-order valence-corrected chi connectivity index (χ3v) is 5.65. The van der Waals surface area contributed by atoms with Gasteiger partial charge in [-0.1, -0.05) is 35.9 Å². The van der Waals surface area contributed by atoms with E-state index in [0.29, 0.717) is 29.2 Å². The lowest BCUT2D eigenvalue weighted by Crippen LogP contribution is -2.48. The van der Waals surface area contributed by atoms with Gasteiger partial charge in [-0.05, 0) is 55.5 Å². The minimum atomic E-state index is -0.204. The molecule has 1 aliphatic rings. The highest BCUT2D eigenvalue weighted by Crippen LogP contribution is 2.40. The maximum atomic E-state index is 12.9. The van der Waals surface area contributed by atoms with Gasteiger partial charge in [-0.2, -0.15) is 0 Å². The average Bonchev–Trinajstić information content (AvgIpc) is 2.68. The van der Waals surface area contributed by atoms with Crippen molar-refractivity contribution in [1.29, 1.82) is 0 Å². The minimum absolute atomic E-state index is 0.0561. The zero-order valence-corrected chi connectivity index (χ0v) is 15.6. The van der Waals surface area contributed by atoms with Gasteiger partial charge in [0.1, 0.15) is 0 Å². The zero-order chi connectivity index (χ0) is 18.6. The van der Waals surface area contributed by atoms with E-state index in [-0.39, 0.29) is 17.9 Å². The maximum absolute atomic E-state index is 12.9. The van der Waals surface area contributed by atoms with Crippen LogP contribution in [0.5, 0.6) is 0 Å². The first-order valence-electron chi connectivity index (χ1n) is 9.06. The Kier molecular flexibility index (Phi) is 5.84. The van der Waals surface area contributed by atoms with Crippen LogP contribution in [0.2, 0.25) is 5.02 Å². The number of nitrogens with zero attached hydrogens (tertiary/aromatic N) is 1. The van der Waals surface area contributed by atoms with Crippen molar-refractivity contribution in [2.75, 3.05) is 25.4 Å². The molecule has 0 bridgehead atoms. The molecule has 1 aliphatic heterocycles. The molecule has 0 radical (unpaired) electrons. The van der Waals surface area contributed by atoms with E-state index in [0.717, 1.165) is 31.4 Å². The predicted molar refractivity (Wildman–Crippen MR) is 105 cm³/mol. The van der Waals surface area contributed by atoms with E-state index in [1.807, 2.05) is 53.4 Å². The smallest absolute Gasteiger partial charge is 0.253 e. The fourth-order valence-corrected chi connectivity index (χ4v) is 4.06. The van der Waals surface area contributed by atoms with Crippen LogP contribution >= 0.6 is 11.6 Å². The molecule has 3 N–H and O–H groups in total. The Morgan fingerprint density at radius 2 is 2.00 bits per heavy atom. The lowest BCUT2D eigenvalue weighted by Gasteiger charge is -2.44. The van der Waals surface area contributed by atoms with Gasteiger partial charge in [0, 0.05) is 30.7 Å². The van der Waals surface area contributed by atoms with Crippen LogP contribution in [0, 0.1) is 0 Å². The maximum Gasteiger partial charge on any atom is 0.253 e. The molecule has 1 atom stereocenters. The molecule has 4 nitrogen and oxygen atoms in total. The molecule has 1 amide bonds. The topological polar surface area (TPSA) is 66.6 Å². The van der Waals surface area contributed by atoms with E-state index in [9.17, 15) is 9.90 Å². The van der Waals surface area contributed by atoms with Crippen LogP contribution in [-0.4, -0.2) is 35.6 Å². The molecular formula is C21H25ClN2O2. The molecule has 0 spiro atoms. The van der Waals surface area contributed by atoms with Crippen molar-refractivity contribution in [3.8, 4) is 0 Å². The van der Waals surface area contributed by atoms with E-state index in [2.05, 4.69) is 0 Å². The van der Waals surface area contributed by atoms with Crippen LogP contribution in [0.3, 0.4) is 0 Å². The SMILES string of the molecule is Nc1cc([C@@]2(CCCO)CCCN(C(=O)c3ccccc3)C2)ccc1Cl. The fraction of sp³-hybridized carbons (Fsp3) is 0.381. The van der Waals surface area contributed by atoms with Crippen molar-refractivity contribution in [1.82, 2.24) is 4.90 Å². The largest absolute Gasteiger partial charge is 0.398 e. The van der Waals surface area contributed by atoms with Crippen molar-refractivity contribution < 1.29 is 9.90 Å². The summed E-state index contributed by atoms with van der Waals surface area (Å²) < 4.78 is 0. The van der Waals surface area contributed by atoms with Gasteiger partial charge >= 0.3 is 0 Å². The van der Waals surface area contributed by atoms with Crippen LogP contribution in [0.4, 0.5) is 5.69 Å². The first kappa shape index (κ1) is 18.7.